The SMILES string of the molecule is Cn1nccc1C(=O)NC1CCN(C(=O)c2ccccc2F)CC1. The van der Waals surface area contributed by atoms with Crippen LogP contribution in [0.3, 0.4) is 0 Å². The van der Waals surface area contributed by atoms with E-state index in [4.69, 9.17) is 0 Å². The Balaban J connectivity index is 1.56. The van der Waals surface area contributed by atoms with Gasteiger partial charge in [0.15, 0.2) is 0 Å². The minimum atomic E-state index is -0.505. The molecule has 1 aliphatic rings. The van der Waals surface area contributed by atoms with E-state index >= 15 is 0 Å². The highest BCUT2D eigenvalue weighted by Crippen LogP contribution is 2.16. The van der Waals surface area contributed by atoms with Crippen molar-refractivity contribution in [2.45, 2.75) is 18.9 Å². The van der Waals surface area contributed by atoms with Gasteiger partial charge in [-0.15, -0.1) is 0 Å². The van der Waals surface area contributed by atoms with Crippen molar-refractivity contribution in [3.8, 4) is 0 Å². The lowest BCUT2D eigenvalue weighted by atomic mass is 10.0. The predicted octanol–water partition coefficient (Wildman–Crippen LogP) is 1.59. The normalized spacial score (nSPS) is 15.3. The minimum Gasteiger partial charge on any atom is -0.348 e. The molecule has 0 radical (unpaired) electrons. The number of hydrogen-bond donors (Lipinski definition) is 1. The lowest BCUT2D eigenvalue weighted by Gasteiger charge is -2.32. The van der Waals surface area contributed by atoms with E-state index in [0.717, 1.165) is 0 Å². The Kier molecular flexibility index (Phi) is 4.59. The van der Waals surface area contributed by atoms with Crippen LogP contribution in [0, 0.1) is 5.82 Å². The molecule has 7 heteroatoms. The summed E-state index contributed by atoms with van der Waals surface area (Å²) >= 11 is 0. The molecule has 2 aromatic rings. The quantitative estimate of drug-likeness (QED) is 0.929. The molecule has 2 amide bonds. The van der Waals surface area contributed by atoms with Crippen molar-refractivity contribution in [2.24, 2.45) is 7.05 Å². The molecule has 0 aliphatic carbocycles. The fourth-order valence-electron chi connectivity index (χ4n) is 2.89. The first-order chi connectivity index (χ1) is 11.6. The Hall–Kier alpha value is -2.70. The number of piperidine rings is 1. The Bertz CT molecular complexity index is 751. The molecular formula is C17H19FN4O2. The summed E-state index contributed by atoms with van der Waals surface area (Å²) in [4.78, 5) is 26.2. The third kappa shape index (κ3) is 3.29. The maximum Gasteiger partial charge on any atom is 0.269 e. The van der Waals surface area contributed by atoms with Crippen molar-refractivity contribution >= 4 is 11.8 Å². The predicted molar refractivity (Wildman–Crippen MR) is 86.0 cm³/mol. The molecule has 3 rings (SSSR count). The van der Waals surface area contributed by atoms with Gasteiger partial charge in [-0.3, -0.25) is 14.3 Å². The number of carbonyl (C=O) groups is 2. The molecule has 0 bridgehead atoms. The number of aryl methyl sites for hydroxylation is 1. The van der Waals surface area contributed by atoms with Crippen LogP contribution in [0.25, 0.3) is 0 Å². The van der Waals surface area contributed by atoms with Crippen molar-refractivity contribution < 1.29 is 14.0 Å². The van der Waals surface area contributed by atoms with Gasteiger partial charge in [-0.25, -0.2) is 4.39 Å². The van der Waals surface area contributed by atoms with Crippen LogP contribution in [0.2, 0.25) is 0 Å². The summed E-state index contributed by atoms with van der Waals surface area (Å²) in [5.74, 6) is -0.979. The Morgan fingerprint density at radius 3 is 2.54 bits per heavy atom. The first-order valence-corrected chi connectivity index (χ1v) is 7.89. The zero-order valence-electron chi connectivity index (χ0n) is 13.4. The molecule has 6 nitrogen and oxygen atoms in total. The highest BCUT2D eigenvalue weighted by atomic mass is 19.1. The molecule has 1 N–H and O–H groups in total. The average Bonchev–Trinajstić information content (AvgIpc) is 3.01. The summed E-state index contributed by atoms with van der Waals surface area (Å²) in [5, 5.41) is 6.94. The summed E-state index contributed by atoms with van der Waals surface area (Å²) in [6, 6.07) is 7.65. The zero-order chi connectivity index (χ0) is 17.1. The van der Waals surface area contributed by atoms with Crippen molar-refractivity contribution in [3.05, 3.63) is 53.6 Å². The van der Waals surface area contributed by atoms with Gasteiger partial charge in [-0.1, -0.05) is 12.1 Å². The van der Waals surface area contributed by atoms with Crippen LogP contribution in [-0.4, -0.2) is 45.6 Å². The molecular weight excluding hydrogens is 311 g/mol. The van der Waals surface area contributed by atoms with Crippen molar-refractivity contribution in [1.29, 1.82) is 0 Å². The highest BCUT2D eigenvalue weighted by molar-refractivity contribution is 5.94. The van der Waals surface area contributed by atoms with Crippen LogP contribution in [-0.2, 0) is 7.05 Å². The van der Waals surface area contributed by atoms with Crippen LogP contribution in [0.5, 0.6) is 0 Å². The minimum absolute atomic E-state index is 0.00271. The van der Waals surface area contributed by atoms with Crippen molar-refractivity contribution in [1.82, 2.24) is 20.0 Å². The molecule has 1 aromatic heterocycles. The van der Waals surface area contributed by atoms with Gasteiger partial charge in [0.1, 0.15) is 11.5 Å². The summed E-state index contributed by atoms with van der Waals surface area (Å²) < 4.78 is 15.2. The Morgan fingerprint density at radius 2 is 1.92 bits per heavy atom. The van der Waals surface area contributed by atoms with Crippen LogP contribution >= 0.6 is 0 Å². The van der Waals surface area contributed by atoms with Crippen LogP contribution in [0.15, 0.2) is 36.5 Å². The van der Waals surface area contributed by atoms with E-state index in [9.17, 15) is 14.0 Å². The first kappa shape index (κ1) is 16.2. The third-order valence-electron chi connectivity index (χ3n) is 4.28. The maximum absolute atomic E-state index is 13.7. The topological polar surface area (TPSA) is 67.2 Å². The van der Waals surface area contributed by atoms with Gasteiger partial charge in [0.25, 0.3) is 11.8 Å². The van der Waals surface area contributed by atoms with Crippen LogP contribution in [0.4, 0.5) is 4.39 Å². The molecule has 0 saturated carbocycles. The van der Waals surface area contributed by atoms with Gasteiger partial charge in [0, 0.05) is 32.4 Å². The van der Waals surface area contributed by atoms with Gasteiger partial charge in [-0.2, -0.15) is 5.10 Å². The number of halogens is 1. The second-order valence-corrected chi connectivity index (χ2v) is 5.86. The molecule has 0 atom stereocenters. The Labute approximate surface area is 139 Å². The van der Waals surface area contributed by atoms with E-state index in [2.05, 4.69) is 10.4 Å². The van der Waals surface area contributed by atoms with Crippen LogP contribution in [0.1, 0.15) is 33.7 Å². The molecule has 24 heavy (non-hydrogen) atoms. The van der Waals surface area contributed by atoms with E-state index in [1.807, 2.05) is 0 Å². The smallest absolute Gasteiger partial charge is 0.269 e. The number of aromatic nitrogens is 2. The van der Waals surface area contributed by atoms with Gasteiger partial charge >= 0.3 is 0 Å². The number of likely N-dealkylation sites (tertiary alicyclic amines) is 1. The fraction of sp³-hybridized carbons (Fsp3) is 0.353. The van der Waals surface area contributed by atoms with E-state index in [-0.39, 0.29) is 23.4 Å². The molecule has 1 aromatic carbocycles. The van der Waals surface area contributed by atoms with E-state index in [1.54, 1.807) is 36.3 Å². The molecule has 1 aliphatic heterocycles. The second kappa shape index (κ2) is 6.82. The fourth-order valence-corrected chi connectivity index (χ4v) is 2.89. The number of amides is 2. The summed E-state index contributed by atoms with van der Waals surface area (Å²) in [7, 11) is 1.71. The third-order valence-corrected chi connectivity index (χ3v) is 4.28. The largest absolute Gasteiger partial charge is 0.348 e. The van der Waals surface area contributed by atoms with Crippen LogP contribution < -0.4 is 5.32 Å². The summed E-state index contributed by atoms with van der Waals surface area (Å²) in [6.07, 6.45) is 2.86. The van der Waals surface area contributed by atoms with Gasteiger partial charge in [-0.05, 0) is 31.0 Å². The Morgan fingerprint density at radius 1 is 1.21 bits per heavy atom. The lowest BCUT2D eigenvalue weighted by molar-refractivity contribution is 0.0693. The standard InChI is InChI=1S/C17H19FN4O2/c1-21-15(6-9-19-21)16(23)20-12-7-10-22(11-8-12)17(24)13-4-2-3-5-14(13)18/h2-6,9,12H,7-8,10-11H2,1H3,(H,20,23). The highest BCUT2D eigenvalue weighted by Gasteiger charge is 2.26. The van der Waals surface area contributed by atoms with Gasteiger partial charge in [0.05, 0.1) is 5.56 Å². The number of rotatable bonds is 3. The van der Waals surface area contributed by atoms with Crippen molar-refractivity contribution in [3.63, 3.8) is 0 Å². The number of benzene rings is 1. The molecule has 0 spiro atoms. The molecule has 1 fully saturated rings. The maximum atomic E-state index is 13.7. The number of nitrogens with zero attached hydrogens (tertiary/aromatic N) is 3. The molecule has 2 heterocycles. The van der Waals surface area contributed by atoms with E-state index < -0.39 is 5.82 Å². The van der Waals surface area contributed by atoms with Gasteiger partial charge in [0.2, 0.25) is 0 Å². The lowest BCUT2D eigenvalue weighted by Crippen LogP contribution is -2.47. The average molecular weight is 330 g/mol. The molecule has 126 valence electrons. The molecule has 0 unspecified atom stereocenters. The van der Waals surface area contributed by atoms with Gasteiger partial charge < -0.3 is 10.2 Å². The summed E-state index contributed by atoms with van der Waals surface area (Å²) in [6.45, 7) is 0.979. The van der Waals surface area contributed by atoms with Crippen molar-refractivity contribution in [2.75, 3.05) is 13.1 Å². The zero-order valence-corrected chi connectivity index (χ0v) is 13.4. The van der Waals surface area contributed by atoms with E-state index in [0.29, 0.717) is 31.6 Å². The number of nitrogens with one attached hydrogen (secondary N) is 1. The first-order valence-electron chi connectivity index (χ1n) is 7.89. The van der Waals surface area contributed by atoms with E-state index in [1.165, 1.54) is 16.8 Å². The second-order valence-electron chi connectivity index (χ2n) is 5.86. The molecule has 1 saturated heterocycles. The number of hydrogen-bond acceptors (Lipinski definition) is 3. The summed E-state index contributed by atoms with van der Waals surface area (Å²) in [5.41, 5.74) is 0.592. The monoisotopic (exact) mass is 330 g/mol. The number of carbonyl (C=O) groups excluding carboxylic acids is 2.